The number of hydrogen-bond acceptors (Lipinski definition) is 2. The average molecular weight is 336 g/mol. The Labute approximate surface area is 150 Å². The Morgan fingerprint density at radius 1 is 1.08 bits per heavy atom. The zero-order chi connectivity index (χ0) is 17.6. The number of nitrogens with two attached hydrogens (primary N) is 1. The van der Waals surface area contributed by atoms with Crippen LogP contribution >= 0.6 is 0 Å². The zero-order valence-electron chi connectivity index (χ0n) is 15.3. The number of hydrogen-bond donors (Lipinski definition) is 2. The number of nitrogens with zero attached hydrogens (tertiary/aromatic N) is 2. The highest BCUT2D eigenvalue weighted by atomic mass is 15.1. The van der Waals surface area contributed by atoms with Crippen molar-refractivity contribution >= 4 is 17.3 Å². The van der Waals surface area contributed by atoms with E-state index in [0.717, 1.165) is 25.1 Å². The second kappa shape index (κ2) is 8.06. The smallest absolute Gasteiger partial charge is 0.193 e. The predicted molar refractivity (Wildman–Crippen MR) is 108 cm³/mol. The van der Waals surface area contributed by atoms with Crippen molar-refractivity contribution in [3.8, 4) is 0 Å². The topological polar surface area (TPSA) is 53.6 Å². The van der Waals surface area contributed by atoms with E-state index in [1.807, 2.05) is 0 Å². The molecular formula is C21H28N4. The monoisotopic (exact) mass is 336 g/mol. The summed E-state index contributed by atoms with van der Waals surface area (Å²) < 4.78 is 0. The van der Waals surface area contributed by atoms with Crippen molar-refractivity contribution in [2.45, 2.75) is 32.1 Å². The molecule has 1 aliphatic rings. The Morgan fingerprint density at radius 3 is 2.60 bits per heavy atom. The third-order valence-electron chi connectivity index (χ3n) is 4.73. The molecule has 0 saturated carbocycles. The maximum absolute atomic E-state index is 6.02. The molecule has 2 aromatic rings. The second-order valence-electron chi connectivity index (χ2n) is 6.89. The summed E-state index contributed by atoms with van der Waals surface area (Å²) in [7, 11) is 4.11. The van der Waals surface area contributed by atoms with Crippen LogP contribution in [0.2, 0.25) is 0 Å². The van der Waals surface area contributed by atoms with Crippen molar-refractivity contribution in [2.24, 2.45) is 10.7 Å². The minimum absolute atomic E-state index is 0.501. The van der Waals surface area contributed by atoms with Crippen LogP contribution in [0.15, 0.2) is 47.5 Å². The van der Waals surface area contributed by atoms with Gasteiger partial charge in [-0.25, -0.2) is 0 Å². The van der Waals surface area contributed by atoms with Crippen LogP contribution in [0.4, 0.5) is 11.4 Å². The highest BCUT2D eigenvalue weighted by molar-refractivity contribution is 5.92. The first kappa shape index (κ1) is 17.3. The number of aliphatic imine (C=N–C) groups is 1. The van der Waals surface area contributed by atoms with Crippen LogP contribution in [0, 0.1) is 0 Å². The Hall–Kier alpha value is -2.49. The lowest BCUT2D eigenvalue weighted by molar-refractivity contribution is 0.832. The molecule has 0 aliphatic heterocycles. The van der Waals surface area contributed by atoms with Crippen molar-refractivity contribution in [2.75, 3.05) is 30.9 Å². The minimum atomic E-state index is 0.501. The summed E-state index contributed by atoms with van der Waals surface area (Å²) in [6.07, 6.45) is 5.65. The van der Waals surface area contributed by atoms with Gasteiger partial charge in [-0.2, -0.15) is 0 Å². The van der Waals surface area contributed by atoms with Gasteiger partial charge in [0.2, 0.25) is 0 Å². The maximum Gasteiger partial charge on any atom is 0.193 e. The Kier molecular flexibility index (Phi) is 5.59. The molecular weight excluding hydrogens is 308 g/mol. The summed E-state index contributed by atoms with van der Waals surface area (Å²) >= 11 is 0. The Bertz CT molecular complexity index is 732. The molecule has 3 N–H and O–H groups in total. The SMILES string of the molecule is CN(C)c1ccc(CCCN=C(N)Nc2ccc3c(c2)CCC3)cc1. The van der Waals surface area contributed by atoms with E-state index in [0.29, 0.717) is 5.96 Å². The summed E-state index contributed by atoms with van der Waals surface area (Å²) in [6, 6.07) is 15.2. The van der Waals surface area contributed by atoms with E-state index in [2.05, 4.69) is 71.8 Å². The normalized spacial score (nSPS) is 13.6. The Morgan fingerprint density at radius 2 is 1.84 bits per heavy atom. The fraction of sp³-hybridized carbons (Fsp3) is 0.381. The van der Waals surface area contributed by atoms with Crippen LogP contribution in [0.5, 0.6) is 0 Å². The van der Waals surface area contributed by atoms with Crippen LogP contribution < -0.4 is 16.0 Å². The molecule has 4 nitrogen and oxygen atoms in total. The molecule has 0 bridgehead atoms. The number of guanidine groups is 1. The lowest BCUT2D eigenvalue weighted by Crippen LogP contribution is -2.23. The number of anilines is 2. The van der Waals surface area contributed by atoms with Gasteiger partial charge in [-0.05, 0) is 73.1 Å². The molecule has 0 aromatic heterocycles. The van der Waals surface area contributed by atoms with Gasteiger partial charge in [0, 0.05) is 32.0 Å². The van der Waals surface area contributed by atoms with Gasteiger partial charge >= 0.3 is 0 Å². The predicted octanol–water partition coefficient (Wildman–Crippen LogP) is 3.60. The third-order valence-corrected chi connectivity index (χ3v) is 4.73. The van der Waals surface area contributed by atoms with Gasteiger partial charge < -0.3 is 16.0 Å². The standard InChI is InChI=1S/C21H28N4/c1-25(2)20-12-8-16(9-13-20)5-4-14-23-21(22)24-19-11-10-17-6-3-7-18(17)15-19/h8-13,15H,3-7,14H2,1-2H3,(H3,22,23,24). The van der Waals surface area contributed by atoms with E-state index in [-0.39, 0.29) is 0 Å². The molecule has 25 heavy (non-hydrogen) atoms. The fourth-order valence-electron chi connectivity index (χ4n) is 3.28. The summed E-state index contributed by atoms with van der Waals surface area (Å²) in [5.74, 6) is 0.501. The third kappa shape index (κ3) is 4.75. The minimum Gasteiger partial charge on any atom is -0.378 e. The molecule has 0 spiro atoms. The number of rotatable bonds is 6. The van der Waals surface area contributed by atoms with Crippen LogP contribution in [-0.4, -0.2) is 26.6 Å². The largest absolute Gasteiger partial charge is 0.378 e. The quantitative estimate of drug-likeness (QED) is 0.481. The van der Waals surface area contributed by atoms with Crippen molar-refractivity contribution in [3.63, 3.8) is 0 Å². The van der Waals surface area contributed by atoms with Gasteiger partial charge in [-0.3, -0.25) is 4.99 Å². The summed E-state index contributed by atoms with van der Waals surface area (Å²) in [6.45, 7) is 0.735. The highest BCUT2D eigenvalue weighted by Crippen LogP contribution is 2.24. The fourth-order valence-corrected chi connectivity index (χ4v) is 3.28. The summed E-state index contributed by atoms with van der Waals surface area (Å²) in [4.78, 5) is 6.56. The van der Waals surface area contributed by atoms with E-state index >= 15 is 0 Å². The van der Waals surface area contributed by atoms with Crippen molar-refractivity contribution < 1.29 is 0 Å². The van der Waals surface area contributed by atoms with Gasteiger partial charge in [0.25, 0.3) is 0 Å². The van der Waals surface area contributed by atoms with E-state index in [1.165, 1.54) is 41.6 Å². The first-order valence-corrected chi connectivity index (χ1v) is 9.07. The molecule has 0 saturated heterocycles. The number of aryl methyl sites for hydroxylation is 3. The van der Waals surface area contributed by atoms with Crippen molar-refractivity contribution in [1.82, 2.24) is 0 Å². The lowest BCUT2D eigenvalue weighted by atomic mass is 10.1. The maximum atomic E-state index is 6.02. The van der Waals surface area contributed by atoms with Crippen molar-refractivity contribution in [1.29, 1.82) is 0 Å². The lowest BCUT2D eigenvalue weighted by Gasteiger charge is -2.12. The second-order valence-corrected chi connectivity index (χ2v) is 6.89. The van der Waals surface area contributed by atoms with Crippen LogP contribution in [0.1, 0.15) is 29.5 Å². The molecule has 0 amide bonds. The first-order valence-electron chi connectivity index (χ1n) is 9.07. The van der Waals surface area contributed by atoms with Crippen LogP contribution in [0.3, 0.4) is 0 Å². The van der Waals surface area contributed by atoms with Crippen LogP contribution in [-0.2, 0) is 19.3 Å². The molecule has 3 rings (SSSR count). The van der Waals surface area contributed by atoms with E-state index < -0.39 is 0 Å². The van der Waals surface area contributed by atoms with E-state index in [4.69, 9.17) is 5.73 Å². The molecule has 0 atom stereocenters. The molecule has 0 unspecified atom stereocenters. The molecule has 4 heteroatoms. The van der Waals surface area contributed by atoms with Gasteiger partial charge in [0.05, 0.1) is 0 Å². The Balaban J connectivity index is 1.45. The van der Waals surface area contributed by atoms with Gasteiger partial charge in [-0.1, -0.05) is 18.2 Å². The molecule has 0 heterocycles. The van der Waals surface area contributed by atoms with Crippen LogP contribution in [0.25, 0.3) is 0 Å². The number of benzene rings is 2. The molecule has 0 radical (unpaired) electrons. The van der Waals surface area contributed by atoms with Gasteiger partial charge in [0.15, 0.2) is 5.96 Å². The molecule has 2 aromatic carbocycles. The van der Waals surface area contributed by atoms with Crippen molar-refractivity contribution in [3.05, 3.63) is 59.2 Å². The van der Waals surface area contributed by atoms with Gasteiger partial charge in [0.1, 0.15) is 0 Å². The van der Waals surface area contributed by atoms with E-state index in [1.54, 1.807) is 0 Å². The number of fused-ring (bicyclic) bond motifs is 1. The van der Waals surface area contributed by atoms with E-state index in [9.17, 15) is 0 Å². The molecule has 0 fully saturated rings. The van der Waals surface area contributed by atoms with Gasteiger partial charge in [-0.15, -0.1) is 0 Å². The zero-order valence-corrected chi connectivity index (χ0v) is 15.3. The average Bonchev–Trinajstić information content (AvgIpc) is 3.07. The number of nitrogens with one attached hydrogen (secondary N) is 1. The summed E-state index contributed by atoms with van der Waals surface area (Å²) in [5, 5.41) is 3.21. The molecule has 1 aliphatic carbocycles. The first-order chi connectivity index (χ1) is 12.1. The highest BCUT2D eigenvalue weighted by Gasteiger charge is 2.10. The summed E-state index contributed by atoms with van der Waals surface area (Å²) in [5.41, 5.74) is 12.5. The molecule has 132 valence electrons.